The number of benzene rings is 3. The zero-order chi connectivity index (χ0) is 18.8. The van der Waals surface area contributed by atoms with Crippen molar-refractivity contribution in [1.29, 1.82) is 0 Å². The summed E-state index contributed by atoms with van der Waals surface area (Å²) in [5.74, 6) is -0.0647. The molecule has 1 N–H and O–H groups in total. The number of rotatable bonds is 6. The number of carboxylic acid groups (broad SMARTS) is 1. The first kappa shape index (κ1) is 17.6. The first-order chi connectivity index (χ1) is 13.1. The van der Waals surface area contributed by atoms with Crippen LogP contribution in [0.5, 0.6) is 5.75 Å². The van der Waals surface area contributed by atoms with Gasteiger partial charge in [0.15, 0.2) is 0 Å². The predicted molar refractivity (Wildman–Crippen MR) is 111 cm³/mol. The summed E-state index contributed by atoms with van der Waals surface area (Å²) in [6, 6.07) is 21.6. The van der Waals surface area contributed by atoms with E-state index in [2.05, 4.69) is 28.1 Å². The molecule has 1 heterocycles. The highest BCUT2D eigenvalue weighted by atomic mass is 79.9. The second-order valence-corrected chi connectivity index (χ2v) is 7.28. The topological polar surface area (TPSA) is 51.5 Å². The van der Waals surface area contributed by atoms with Gasteiger partial charge in [-0.15, -0.1) is 0 Å². The molecule has 0 radical (unpaired) electrons. The Morgan fingerprint density at radius 3 is 2.67 bits per heavy atom. The third-order valence-corrected chi connectivity index (χ3v) is 5.11. The number of nitrogens with zero attached hydrogens (tertiary/aromatic N) is 1. The summed E-state index contributed by atoms with van der Waals surface area (Å²) < 4.78 is 8.76. The highest BCUT2D eigenvalue weighted by Crippen LogP contribution is 2.26. The summed E-state index contributed by atoms with van der Waals surface area (Å²) in [6.07, 6.45) is 0.712. The van der Waals surface area contributed by atoms with Gasteiger partial charge in [0, 0.05) is 27.3 Å². The van der Waals surface area contributed by atoms with Crippen molar-refractivity contribution in [3.8, 4) is 5.75 Å². The monoisotopic (exact) mass is 423 g/mol. The SMILES string of the molecule is O=C(O)c1cc2cc(Br)ccc2n1CCCOc1cccc2ccccc12. The standard InChI is InChI=1S/C22H18BrNO3/c23-17-9-10-19-16(13-17)14-20(22(25)26)24(19)11-4-12-27-21-8-3-6-15-5-1-2-7-18(15)21/h1-3,5-10,13-14H,4,11-12H2,(H,25,26). The molecule has 136 valence electrons. The molecule has 3 aromatic carbocycles. The third kappa shape index (κ3) is 3.55. The number of fused-ring (bicyclic) bond motifs is 2. The van der Waals surface area contributed by atoms with E-state index in [1.54, 1.807) is 6.07 Å². The van der Waals surface area contributed by atoms with Crippen molar-refractivity contribution in [2.45, 2.75) is 13.0 Å². The molecule has 5 heteroatoms. The number of halogens is 1. The van der Waals surface area contributed by atoms with Crippen LogP contribution in [0.25, 0.3) is 21.7 Å². The predicted octanol–water partition coefficient (Wildman–Crippen LogP) is 5.72. The molecule has 0 amide bonds. The number of carboxylic acids is 1. The summed E-state index contributed by atoms with van der Waals surface area (Å²) in [4.78, 5) is 11.6. The largest absolute Gasteiger partial charge is 0.493 e. The van der Waals surface area contributed by atoms with Crippen molar-refractivity contribution in [2.75, 3.05) is 6.61 Å². The van der Waals surface area contributed by atoms with Crippen LogP contribution in [0.15, 0.2) is 71.2 Å². The fraction of sp³-hybridized carbons (Fsp3) is 0.136. The van der Waals surface area contributed by atoms with E-state index in [0.717, 1.165) is 31.9 Å². The molecule has 27 heavy (non-hydrogen) atoms. The Bertz CT molecular complexity index is 1130. The number of aromatic carboxylic acids is 1. The second-order valence-electron chi connectivity index (χ2n) is 6.37. The van der Waals surface area contributed by atoms with Crippen LogP contribution >= 0.6 is 15.9 Å². The van der Waals surface area contributed by atoms with Crippen LogP contribution < -0.4 is 4.74 Å². The number of hydrogen-bond donors (Lipinski definition) is 1. The summed E-state index contributed by atoms with van der Waals surface area (Å²) >= 11 is 3.44. The van der Waals surface area contributed by atoms with E-state index in [0.29, 0.717) is 25.3 Å². The van der Waals surface area contributed by atoms with Crippen molar-refractivity contribution in [3.63, 3.8) is 0 Å². The summed E-state index contributed by atoms with van der Waals surface area (Å²) in [5.41, 5.74) is 1.22. The number of ether oxygens (including phenoxy) is 1. The molecule has 0 saturated heterocycles. The second kappa shape index (κ2) is 7.45. The Hall–Kier alpha value is -2.79. The average molecular weight is 424 g/mol. The van der Waals surface area contributed by atoms with Crippen LogP contribution in [0.2, 0.25) is 0 Å². The lowest BCUT2D eigenvalue weighted by Crippen LogP contribution is -2.11. The Labute approximate surface area is 165 Å². The van der Waals surface area contributed by atoms with Gasteiger partial charge in [-0.2, -0.15) is 0 Å². The van der Waals surface area contributed by atoms with E-state index in [9.17, 15) is 9.90 Å². The molecular formula is C22H18BrNO3. The van der Waals surface area contributed by atoms with Crippen LogP contribution in [-0.4, -0.2) is 22.2 Å². The van der Waals surface area contributed by atoms with Crippen LogP contribution in [0.1, 0.15) is 16.9 Å². The molecule has 4 rings (SSSR count). The highest BCUT2D eigenvalue weighted by Gasteiger charge is 2.14. The molecule has 0 aliphatic heterocycles. The van der Waals surface area contributed by atoms with Gasteiger partial charge >= 0.3 is 5.97 Å². The van der Waals surface area contributed by atoms with Gasteiger partial charge < -0.3 is 14.4 Å². The molecule has 1 aromatic heterocycles. The molecule has 0 unspecified atom stereocenters. The van der Waals surface area contributed by atoms with E-state index in [1.165, 1.54) is 0 Å². The minimum atomic E-state index is -0.919. The lowest BCUT2D eigenvalue weighted by molar-refractivity contribution is 0.0685. The van der Waals surface area contributed by atoms with Gasteiger partial charge in [0.25, 0.3) is 0 Å². The van der Waals surface area contributed by atoms with Crippen LogP contribution in [-0.2, 0) is 6.54 Å². The molecule has 4 aromatic rings. The minimum Gasteiger partial charge on any atom is -0.493 e. The van der Waals surface area contributed by atoms with Gasteiger partial charge in [0.1, 0.15) is 11.4 Å². The highest BCUT2D eigenvalue weighted by molar-refractivity contribution is 9.10. The fourth-order valence-corrected chi connectivity index (χ4v) is 3.77. The number of aryl methyl sites for hydroxylation is 1. The zero-order valence-electron chi connectivity index (χ0n) is 14.6. The molecular weight excluding hydrogens is 406 g/mol. The maximum atomic E-state index is 11.6. The Balaban J connectivity index is 1.50. The summed E-state index contributed by atoms with van der Waals surface area (Å²) in [5, 5.41) is 12.7. The van der Waals surface area contributed by atoms with Crippen molar-refractivity contribution in [3.05, 3.63) is 76.9 Å². The number of carbonyl (C=O) groups is 1. The first-order valence-corrected chi connectivity index (χ1v) is 9.55. The normalized spacial score (nSPS) is 11.1. The molecule has 0 fully saturated rings. The molecule has 0 aliphatic rings. The lowest BCUT2D eigenvalue weighted by atomic mass is 10.1. The molecule has 0 saturated carbocycles. The molecule has 0 atom stereocenters. The smallest absolute Gasteiger partial charge is 0.352 e. The third-order valence-electron chi connectivity index (χ3n) is 4.62. The van der Waals surface area contributed by atoms with Gasteiger partial charge in [-0.3, -0.25) is 0 Å². The fourth-order valence-electron chi connectivity index (χ4n) is 3.39. The Kier molecular flexibility index (Phi) is 4.86. The van der Waals surface area contributed by atoms with Crippen LogP contribution in [0.4, 0.5) is 0 Å². The maximum Gasteiger partial charge on any atom is 0.352 e. The van der Waals surface area contributed by atoms with Crippen molar-refractivity contribution >= 4 is 43.6 Å². The van der Waals surface area contributed by atoms with Crippen LogP contribution in [0.3, 0.4) is 0 Å². The molecule has 0 aliphatic carbocycles. The molecule has 0 spiro atoms. The maximum absolute atomic E-state index is 11.6. The Morgan fingerprint density at radius 2 is 1.81 bits per heavy atom. The van der Waals surface area contributed by atoms with E-state index in [-0.39, 0.29) is 0 Å². The minimum absolute atomic E-state index is 0.299. The van der Waals surface area contributed by atoms with E-state index in [4.69, 9.17) is 4.74 Å². The van der Waals surface area contributed by atoms with E-state index >= 15 is 0 Å². The van der Waals surface area contributed by atoms with Gasteiger partial charge in [-0.25, -0.2) is 4.79 Å². The summed E-state index contributed by atoms with van der Waals surface area (Å²) in [7, 11) is 0. The molecule has 0 bridgehead atoms. The number of hydrogen-bond acceptors (Lipinski definition) is 2. The van der Waals surface area contributed by atoms with Crippen LogP contribution in [0, 0.1) is 0 Å². The lowest BCUT2D eigenvalue weighted by Gasteiger charge is -2.11. The summed E-state index contributed by atoms with van der Waals surface area (Å²) in [6.45, 7) is 1.10. The Morgan fingerprint density at radius 1 is 1.00 bits per heavy atom. The van der Waals surface area contributed by atoms with Crippen molar-refractivity contribution < 1.29 is 14.6 Å². The quantitative estimate of drug-likeness (QED) is 0.403. The van der Waals surface area contributed by atoms with Crippen molar-refractivity contribution in [2.24, 2.45) is 0 Å². The van der Waals surface area contributed by atoms with E-state index in [1.807, 2.05) is 53.1 Å². The van der Waals surface area contributed by atoms with Gasteiger partial charge in [0.05, 0.1) is 6.61 Å². The average Bonchev–Trinajstić information content (AvgIpc) is 3.03. The zero-order valence-corrected chi connectivity index (χ0v) is 16.1. The van der Waals surface area contributed by atoms with Gasteiger partial charge in [0.2, 0.25) is 0 Å². The van der Waals surface area contributed by atoms with Gasteiger partial charge in [-0.05, 0) is 42.1 Å². The van der Waals surface area contributed by atoms with Crippen molar-refractivity contribution in [1.82, 2.24) is 4.57 Å². The van der Waals surface area contributed by atoms with E-state index < -0.39 is 5.97 Å². The first-order valence-electron chi connectivity index (χ1n) is 8.76. The number of aromatic nitrogens is 1. The van der Waals surface area contributed by atoms with Gasteiger partial charge in [-0.1, -0.05) is 52.3 Å². The molecule has 4 nitrogen and oxygen atoms in total.